The fourth-order valence-corrected chi connectivity index (χ4v) is 11.3. The van der Waals surface area contributed by atoms with Crippen LogP contribution in [0.5, 0.6) is 0 Å². The molecular formula is C64H105N23O27. The van der Waals surface area contributed by atoms with Crippen molar-refractivity contribution in [2.75, 3.05) is 45.9 Å². The standard InChI is InChI=1S/C64H105N23O27/c1-27(2)47(84-55(106)37(25-88)82-49(100)28(3)75-51(102)31(9-5-17-72-63(68)69)77-53(104)35(22-42(67)92)81-59(110)48(29(4)90)85-50(101)30(65)21-45(96)97)58(109)74-24-43(93)76-32(13-15-41(66)91)52(103)80-36(23-46(98)99)54(105)83-38(26-89)61(112)87-20-8-11-39(87)56(107)78-33(14-16-44(94)95)60(111)86-19-7-12-40(86)57(108)79-34(62(113)114)10-6-18-73-64(70)71/h27-40,47-48,88-90H,5-26,65H2,1-4H3,(H2,66,91)(H2,67,92)(H,74,109)(H,75,102)(H,76,93)(H,77,104)(H,78,107)(H,79,108)(H,80,103)(H,81,110)(H,82,100)(H,83,105)(H,84,106)(H,85,101)(H,94,95)(H,96,97)(H,98,99)(H,113,114)(H4,68,69,72)(H4,70,71,73)/t28-,29+,30-,31-,32-,33-,34-,35-,36-,37-,38-,39-,40-,47-,48-/m0/s1. The maximum atomic E-state index is 14.1. The Morgan fingerprint density at radius 1 is 0.421 bits per heavy atom. The normalized spacial score (nSPS) is 17.1. The molecule has 2 aliphatic rings. The zero-order valence-electron chi connectivity index (χ0n) is 62.9. The summed E-state index contributed by atoms with van der Waals surface area (Å²) in [5.41, 5.74) is 37.6. The number of carbonyl (C=O) groups excluding carboxylic acids is 16. The highest BCUT2D eigenvalue weighted by Crippen LogP contribution is 2.23. The van der Waals surface area contributed by atoms with Crippen LogP contribution in [0.2, 0.25) is 0 Å². The first kappa shape index (κ1) is 97.9. The van der Waals surface area contributed by atoms with Crippen molar-refractivity contribution in [2.45, 2.75) is 215 Å². The highest BCUT2D eigenvalue weighted by molar-refractivity contribution is 6.02. The van der Waals surface area contributed by atoms with E-state index in [1.54, 1.807) is 0 Å². The zero-order valence-corrected chi connectivity index (χ0v) is 62.9. The molecule has 638 valence electrons. The number of guanidine groups is 2. The van der Waals surface area contributed by atoms with Gasteiger partial charge in [0.2, 0.25) is 94.5 Å². The second-order valence-corrected chi connectivity index (χ2v) is 26.8. The van der Waals surface area contributed by atoms with Crippen molar-refractivity contribution in [1.29, 1.82) is 0 Å². The molecule has 0 radical (unpaired) electrons. The van der Waals surface area contributed by atoms with Crippen LogP contribution in [0.15, 0.2) is 9.98 Å². The molecule has 0 spiro atoms. The summed E-state index contributed by atoms with van der Waals surface area (Å²) in [5, 5.41) is 95.8. The van der Waals surface area contributed by atoms with E-state index in [1.807, 2.05) is 5.32 Å². The average Bonchev–Trinajstić information content (AvgIpc) is 1.63. The van der Waals surface area contributed by atoms with Gasteiger partial charge in [-0.15, -0.1) is 0 Å². The van der Waals surface area contributed by atoms with E-state index in [0.717, 1.165) is 23.6 Å². The minimum atomic E-state index is -2.15. The summed E-state index contributed by atoms with van der Waals surface area (Å²) in [4.78, 5) is 272. The van der Waals surface area contributed by atoms with Crippen LogP contribution in [0, 0.1) is 5.92 Å². The van der Waals surface area contributed by atoms with Crippen molar-refractivity contribution >= 4 is 130 Å². The molecule has 0 aromatic carbocycles. The second-order valence-electron chi connectivity index (χ2n) is 26.8. The predicted octanol–water partition coefficient (Wildman–Crippen LogP) is -14.1. The van der Waals surface area contributed by atoms with Crippen LogP contribution < -0.4 is 104 Å². The van der Waals surface area contributed by atoms with E-state index >= 15 is 0 Å². The van der Waals surface area contributed by atoms with Crippen molar-refractivity contribution in [3.63, 3.8) is 0 Å². The number of aliphatic hydroxyl groups is 3. The topological polar surface area (TPSA) is 841 Å². The van der Waals surface area contributed by atoms with Gasteiger partial charge in [-0.3, -0.25) is 101 Å². The van der Waals surface area contributed by atoms with Crippen LogP contribution in [0.3, 0.4) is 0 Å². The Kier molecular flexibility index (Phi) is 41.7. The lowest BCUT2D eigenvalue weighted by Gasteiger charge is -2.32. The molecule has 33 N–H and O–H groups in total. The number of primary amides is 2. The smallest absolute Gasteiger partial charge is 0.326 e. The molecule has 15 atom stereocenters. The number of aliphatic carboxylic acids is 4. The first-order chi connectivity index (χ1) is 53.3. The molecule has 2 fully saturated rings. The summed E-state index contributed by atoms with van der Waals surface area (Å²) in [5.74, 6) is -26.1. The molecule has 0 saturated carbocycles. The lowest BCUT2D eigenvalue weighted by atomic mass is 10.0. The largest absolute Gasteiger partial charge is 0.481 e. The van der Waals surface area contributed by atoms with Crippen molar-refractivity contribution in [1.82, 2.24) is 73.6 Å². The maximum Gasteiger partial charge on any atom is 0.326 e. The van der Waals surface area contributed by atoms with E-state index in [-0.39, 0.29) is 89.5 Å². The van der Waals surface area contributed by atoms with Gasteiger partial charge in [-0.25, -0.2) is 4.79 Å². The van der Waals surface area contributed by atoms with Gasteiger partial charge in [0.05, 0.1) is 51.2 Å². The van der Waals surface area contributed by atoms with Crippen LogP contribution in [0.25, 0.3) is 0 Å². The molecule has 0 aromatic rings. The van der Waals surface area contributed by atoms with Crippen LogP contribution in [-0.2, 0) is 95.9 Å². The summed E-state index contributed by atoms with van der Waals surface area (Å²) in [7, 11) is 0. The first-order valence-corrected chi connectivity index (χ1v) is 35.8. The average molecular weight is 1630 g/mol. The van der Waals surface area contributed by atoms with Gasteiger partial charge in [0.25, 0.3) is 0 Å². The molecule has 0 aliphatic carbocycles. The van der Waals surface area contributed by atoms with E-state index in [9.17, 15) is 127 Å². The fraction of sp³-hybridized carbons (Fsp3) is 0.656. The monoisotopic (exact) mass is 1630 g/mol. The third-order valence-corrected chi connectivity index (χ3v) is 17.3. The van der Waals surface area contributed by atoms with E-state index in [0.29, 0.717) is 0 Å². The molecule has 0 bridgehead atoms. The Labute approximate surface area is 650 Å². The molecule has 0 aromatic heterocycles. The number of hydrogen-bond donors (Lipinski definition) is 26. The molecule has 50 nitrogen and oxygen atoms in total. The Hall–Kier alpha value is -12.2. The van der Waals surface area contributed by atoms with Gasteiger partial charge in [0.1, 0.15) is 78.5 Å². The minimum absolute atomic E-state index is 0.0373. The second kappa shape index (κ2) is 48.5. The van der Waals surface area contributed by atoms with Gasteiger partial charge in [-0.2, -0.15) is 0 Å². The quantitative estimate of drug-likeness (QED) is 0.0153. The molecule has 50 heteroatoms. The van der Waals surface area contributed by atoms with Gasteiger partial charge >= 0.3 is 23.9 Å². The number of hydrogen-bond acceptors (Lipinski definition) is 26. The molecule has 2 aliphatic heterocycles. The summed E-state index contributed by atoms with van der Waals surface area (Å²) >= 11 is 0. The van der Waals surface area contributed by atoms with Gasteiger partial charge in [-0.05, 0) is 84.0 Å². The molecule has 2 heterocycles. The molecule has 2 rings (SSSR count). The number of carbonyl (C=O) groups is 20. The van der Waals surface area contributed by atoms with Gasteiger partial charge in [-0.1, -0.05) is 13.8 Å². The number of amides is 16. The van der Waals surface area contributed by atoms with E-state index < -0.39 is 280 Å². The van der Waals surface area contributed by atoms with Crippen LogP contribution in [0.1, 0.15) is 124 Å². The molecular weight excluding hydrogens is 1520 g/mol. The Morgan fingerprint density at radius 3 is 1.32 bits per heavy atom. The molecule has 0 unspecified atom stereocenters. The Bertz CT molecular complexity index is 3560. The van der Waals surface area contributed by atoms with Crippen LogP contribution >= 0.6 is 0 Å². The Balaban J connectivity index is 2.26. The fourth-order valence-electron chi connectivity index (χ4n) is 11.3. The number of rotatable bonds is 51. The molecule has 2 saturated heterocycles. The van der Waals surface area contributed by atoms with Crippen molar-refractivity contribution in [2.24, 2.45) is 56.0 Å². The Morgan fingerprint density at radius 2 is 0.851 bits per heavy atom. The van der Waals surface area contributed by atoms with Crippen molar-refractivity contribution < 1.29 is 132 Å². The number of nitrogens with zero attached hydrogens (tertiary/aromatic N) is 4. The van der Waals surface area contributed by atoms with Gasteiger partial charge in [0.15, 0.2) is 11.9 Å². The summed E-state index contributed by atoms with van der Waals surface area (Å²) in [6.45, 7) is 1.15. The van der Waals surface area contributed by atoms with E-state index in [1.165, 1.54) is 13.8 Å². The third kappa shape index (κ3) is 34.2. The number of nitrogens with one attached hydrogen (secondary N) is 12. The highest BCUT2D eigenvalue weighted by atomic mass is 16.4. The first-order valence-electron chi connectivity index (χ1n) is 35.8. The van der Waals surface area contributed by atoms with Crippen LogP contribution in [-0.4, -0.2) is 312 Å². The summed E-state index contributed by atoms with van der Waals surface area (Å²) < 4.78 is 0. The lowest BCUT2D eigenvalue weighted by Crippen LogP contribution is -2.61. The number of carboxylic acid groups (broad SMARTS) is 4. The third-order valence-electron chi connectivity index (χ3n) is 17.3. The summed E-state index contributed by atoms with van der Waals surface area (Å²) in [6.07, 6.45) is -7.40. The maximum absolute atomic E-state index is 14.1. The number of aliphatic imine (C=N–C) groups is 2. The number of likely N-dealkylation sites (tertiary alicyclic amines) is 2. The molecule has 16 amide bonds. The SMILES string of the molecule is CC(C)[C@H](NC(=O)[C@H](CO)NC(=O)[C@H](C)NC(=O)[C@H](CCCN=C(N)N)NC(=O)[C@H](CC(N)=O)NC(=O)[C@@H](NC(=O)[C@@H](N)CC(=O)O)[C@@H](C)O)C(=O)NCC(=O)N[C@@H](CCC(N)=O)C(=O)N[C@@H](CC(=O)O)C(=O)N[C@@H](CO)C(=O)N1CCC[C@H]1C(=O)N[C@@H](CCC(=O)O)C(=O)N1CCC[C@H]1C(=O)N[C@@H](CCCN=C(N)N)C(=O)O. The highest BCUT2D eigenvalue weighted by Gasteiger charge is 2.44. The van der Waals surface area contributed by atoms with Crippen molar-refractivity contribution in [3.8, 4) is 0 Å². The summed E-state index contributed by atoms with van der Waals surface area (Å²) in [6, 6.07) is -24.1. The molecule has 114 heavy (non-hydrogen) atoms. The van der Waals surface area contributed by atoms with Gasteiger partial charge < -0.3 is 149 Å². The van der Waals surface area contributed by atoms with E-state index in [2.05, 4.69) is 68.5 Å². The van der Waals surface area contributed by atoms with Crippen molar-refractivity contribution in [3.05, 3.63) is 0 Å². The predicted molar refractivity (Wildman–Crippen MR) is 389 cm³/mol. The van der Waals surface area contributed by atoms with Gasteiger partial charge in [0, 0.05) is 39.0 Å². The number of carboxylic acids is 4. The minimum Gasteiger partial charge on any atom is -0.481 e. The zero-order chi connectivity index (χ0) is 86.5. The number of nitrogens with two attached hydrogens (primary N) is 7. The van der Waals surface area contributed by atoms with E-state index in [4.69, 9.17) is 45.2 Å². The van der Waals surface area contributed by atoms with Crippen LogP contribution in [0.4, 0.5) is 0 Å². The lowest BCUT2D eigenvalue weighted by molar-refractivity contribution is -0.146. The number of aliphatic hydroxyl groups excluding tert-OH is 3.